The number of para-hydroxylation sites is 1. The molecule has 8 N–H and O–H groups in total. The van der Waals surface area contributed by atoms with Gasteiger partial charge in [-0.05, 0) is 67.5 Å². The molecule has 2 bridgehead atoms. The summed E-state index contributed by atoms with van der Waals surface area (Å²) in [5, 5.41) is 38.1. The number of unbranched alkanes of at least 4 members (excludes halogenated alkanes) is 3. The third-order valence-electron chi connectivity index (χ3n) is 8.60. The Morgan fingerprint density at radius 1 is 1.05 bits per heavy atom. The van der Waals surface area contributed by atoms with Gasteiger partial charge < -0.3 is 32.1 Å². The van der Waals surface area contributed by atoms with Crippen LogP contribution < -0.4 is 16.8 Å². The monoisotopic (exact) mass is 517 g/mol. The quantitative estimate of drug-likeness (QED) is 0.110. The maximum Gasteiger partial charge on any atom is 0.185 e. The Labute approximate surface area is 223 Å². The van der Waals surface area contributed by atoms with Gasteiger partial charge >= 0.3 is 0 Å². The number of aliphatic hydroxyl groups is 1. The van der Waals surface area contributed by atoms with Crippen LogP contribution in [0.15, 0.2) is 47.5 Å². The molecule has 4 atom stereocenters. The van der Waals surface area contributed by atoms with Gasteiger partial charge in [0.2, 0.25) is 0 Å². The summed E-state index contributed by atoms with van der Waals surface area (Å²) in [6.45, 7) is 4.11. The summed E-state index contributed by atoms with van der Waals surface area (Å²) < 4.78 is 0. The second kappa shape index (κ2) is 10.8. The molecule has 5 rings (SSSR count). The number of fused-ring (bicyclic) bond motifs is 6. The molecule has 202 valence electrons. The van der Waals surface area contributed by atoms with E-state index in [0.717, 1.165) is 66.4 Å². The first-order valence-corrected chi connectivity index (χ1v) is 13.7. The topological polar surface area (TPSA) is 150 Å². The zero-order valence-corrected chi connectivity index (χ0v) is 22.0. The predicted octanol–water partition coefficient (Wildman–Crippen LogP) is 3.20. The van der Waals surface area contributed by atoms with E-state index in [0.29, 0.717) is 25.1 Å². The van der Waals surface area contributed by atoms with E-state index in [4.69, 9.17) is 16.5 Å². The number of benzene rings is 2. The average Bonchev–Trinajstić information content (AvgIpc) is 2.94. The van der Waals surface area contributed by atoms with Crippen LogP contribution in [0.4, 0.5) is 0 Å². The van der Waals surface area contributed by atoms with Crippen molar-refractivity contribution >= 4 is 16.9 Å². The zero-order chi connectivity index (χ0) is 26.9. The predicted molar refractivity (Wildman–Crippen MR) is 151 cm³/mol. The summed E-state index contributed by atoms with van der Waals surface area (Å²) in [5.41, 5.74) is 14.6. The fourth-order valence-corrected chi connectivity index (χ4v) is 6.67. The molecular formula is C30H39N5O3. The first-order valence-electron chi connectivity index (χ1n) is 13.7. The molecule has 0 aliphatic heterocycles. The number of phenolic OH excluding ortho intramolecular Hbond substituents is 2. The molecule has 4 unspecified atom stereocenters. The largest absolute Gasteiger partial charge is 0.504 e. The van der Waals surface area contributed by atoms with E-state index in [9.17, 15) is 15.3 Å². The van der Waals surface area contributed by atoms with Gasteiger partial charge in [-0.15, -0.1) is 0 Å². The number of aromatic hydroxyl groups is 2. The van der Waals surface area contributed by atoms with Crippen LogP contribution in [0.25, 0.3) is 10.9 Å². The van der Waals surface area contributed by atoms with Gasteiger partial charge in [-0.2, -0.15) is 0 Å². The van der Waals surface area contributed by atoms with E-state index in [-0.39, 0.29) is 29.3 Å². The van der Waals surface area contributed by atoms with Crippen molar-refractivity contribution in [3.05, 3.63) is 64.8 Å². The van der Waals surface area contributed by atoms with Crippen molar-refractivity contribution in [2.75, 3.05) is 19.6 Å². The summed E-state index contributed by atoms with van der Waals surface area (Å²) in [6, 6.07) is 13.8. The molecular weight excluding hydrogens is 478 g/mol. The van der Waals surface area contributed by atoms with Crippen molar-refractivity contribution in [3.8, 4) is 11.5 Å². The van der Waals surface area contributed by atoms with Gasteiger partial charge in [-0.3, -0.25) is 9.98 Å². The molecule has 0 amide bonds. The van der Waals surface area contributed by atoms with Gasteiger partial charge in [-0.1, -0.05) is 44.0 Å². The number of rotatable bonds is 9. The Morgan fingerprint density at radius 3 is 2.63 bits per heavy atom. The van der Waals surface area contributed by atoms with Crippen molar-refractivity contribution in [1.29, 1.82) is 0 Å². The molecule has 8 nitrogen and oxygen atoms in total. The molecule has 3 aromatic rings. The van der Waals surface area contributed by atoms with Crippen LogP contribution in [0.5, 0.6) is 11.5 Å². The van der Waals surface area contributed by atoms with Crippen LogP contribution in [-0.2, 0) is 18.3 Å². The van der Waals surface area contributed by atoms with Crippen molar-refractivity contribution < 1.29 is 15.3 Å². The molecule has 1 aromatic heterocycles. The number of pyridine rings is 1. The highest BCUT2D eigenvalue weighted by molar-refractivity contribution is 5.80. The summed E-state index contributed by atoms with van der Waals surface area (Å²) >= 11 is 0. The molecule has 8 heteroatoms. The Bertz CT molecular complexity index is 1340. The van der Waals surface area contributed by atoms with E-state index in [1.54, 1.807) is 6.07 Å². The second-order valence-corrected chi connectivity index (χ2v) is 11.1. The lowest BCUT2D eigenvalue weighted by Crippen LogP contribution is -2.51. The minimum Gasteiger partial charge on any atom is -0.504 e. The first kappa shape index (κ1) is 26.3. The molecule has 0 saturated heterocycles. The van der Waals surface area contributed by atoms with Crippen LogP contribution in [0.2, 0.25) is 0 Å². The van der Waals surface area contributed by atoms with Gasteiger partial charge in [0.1, 0.15) is 0 Å². The van der Waals surface area contributed by atoms with Crippen LogP contribution in [-0.4, -0.2) is 52.0 Å². The lowest BCUT2D eigenvalue weighted by molar-refractivity contribution is 0.0141. The highest BCUT2D eigenvalue weighted by Crippen LogP contribution is 2.56. The number of phenols is 2. The Kier molecular flexibility index (Phi) is 7.45. The van der Waals surface area contributed by atoms with Crippen molar-refractivity contribution in [2.45, 2.75) is 62.9 Å². The molecule has 2 aliphatic rings. The number of guanidine groups is 1. The molecule has 0 saturated carbocycles. The van der Waals surface area contributed by atoms with E-state index >= 15 is 0 Å². The van der Waals surface area contributed by atoms with Gasteiger partial charge in [0.25, 0.3) is 0 Å². The average molecular weight is 518 g/mol. The highest BCUT2D eigenvalue weighted by atomic mass is 16.3. The lowest BCUT2D eigenvalue weighted by Gasteiger charge is -2.47. The van der Waals surface area contributed by atoms with Crippen LogP contribution in [0.1, 0.15) is 60.9 Å². The standard InChI is InChI=1S/C30H39N5O3/c1-30-22(17-33-12-6-2-3-7-13-34-29(31)32)26-20(14-18-8-4-5-9-23(18)35-26)16-21(28(30)38)15-19-10-11-24(36)27(37)25(19)30/h4-5,8-11,14,21-22,28,33,36-38H,2-3,6-7,12-13,15-17H2,1H3,(H4,31,32,34). The van der Waals surface area contributed by atoms with Crippen LogP contribution >= 0.6 is 0 Å². The third kappa shape index (κ3) is 4.78. The fraction of sp³-hybridized carbons (Fsp3) is 0.467. The maximum atomic E-state index is 11.9. The number of nitrogens with zero attached hydrogens (tertiary/aromatic N) is 2. The molecule has 2 aromatic carbocycles. The van der Waals surface area contributed by atoms with Gasteiger partial charge in [-0.25, -0.2) is 0 Å². The molecule has 0 fully saturated rings. The van der Waals surface area contributed by atoms with Gasteiger partial charge in [0, 0.05) is 41.1 Å². The molecule has 1 heterocycles. The number of hydrogen-bond acceptors (Lipinski definition) is 6. The van der Waals surface area contributed by atoms with Crippen LogP contribution in [0, 0.1) is 5.92 Å². The number of nitrogens with one attached hydrogen (secondary N) is 1. The number of aromatic nitrogens is 1. The van der Waals surface area contributed by atoms with Crippen LogP contribution in [0.3, 0.4) is 0 Å². The minimum absolute atomic E-state index is 0.00614. The number of aliphatic hydroxyl groups excluding tert-OH is 1. The van der Waals surface area contributed by atoms with Crippen molar-refractivity contribution in [2.24, 2.45) is 22.4 Å². The van der Waals surface area contributed by atoms with E-state index in [1.165, 1.54) is 0 Å². The van der Waals surface area contributed by atoms with Crippen molar-refractivity contribution in [1.82, 2.24) is 10.3 Å². The first-order chi connectivity index (χ1) is 18.3. The summed E-state index contributed by atoms with van der Waals surface area (Å²) in [4.78, 5) is 9.19. The molecule has 0 radical (unpaired) electrons. The normalized spacial score (nSPS) is 23.9. The number of nitrogens with two attached hydrogens (primary N) is 2. The Balaban J connectivity index is 1.45. The van der Waals surface area contributed by atoms with Gasteiger partial charge in [0.05, 0.1) is 11.6 Å². The molecule has 2 aliphatic carbocycles. The van der Waals surface area contributed by atoms with E-state index in [1.807, 2.05) is 31.2 Å². The zero-order valence-electron chi connectivity index (χ0n) is 22.0. The summed E-state index contributed by atoms with van der Waals surface area (Å²) in [7, 11) is 0. The summed E-state index contributed by atoms with van der Waals surface area (Å²) in [6.07, 6.45) is 4.76. The smallest absolute Gasteiger partial charge is 0.185 e. The summed E-state index contributed by atoms with van der Waals surface area (Å²) in [5.74, 6) is -0.348. The Hall–Kier alpha value is -3.36. The number of aliphatic imine (C=N–C) groups is 1. The number of hydrogen-bond donors (Lipinski definition) is 6. The van der Waals surface area contributed by atoms with Crippen molar-refractivity contribution in [3.63, 3.8) is 0 Å². The maximum absolute atomic E-state index is 11.9. The molecule has 0 spiro atoms. The SMILES string of the molecule is CC12c3c(ccc(O)c3O)CC(Cc3cc4ccccc4nc3C1CNCCCCCCN=C(N)N)C2O. The lowest BCUT2D eigenvalue weighted by atomic mass is 9.59. The van der Waals surface area contributed by atoms with E-state index < -0.39 is 11.5 Å². The molecule has 38 heavy (non-hydrogen) atoms. The third-order valence-corrected chi connectivity index (χ3v) is 8.60. The fourth-order valence-electron chi connectivity index (χ4n) is 6.67. The van der Waals surface area contributed by atoms with Gasteiger partial charge in [0.15, 0.2) is 17.5 Å². The minimum atomic E-state index is -0.824. The van der Waals surface area contributed by atoms with E-state index in [2.05, 4.69) is 22.4 Å². The highest BCUT2D eigenvalue weighted by Gasteiger charge is 2.54. The Morgan fingerprint density at radius 2 is 1.82 bits per heavy atom. The second-order valence-electron chi connectivity index (χ2n) is 11.1.